The molecule has 1 heterocycles. The number of aromatic nitrogens is 1. The highest BCUT2D eigenvalue weighted by Gasteiger charge is 2.16. The van der Waals surface area contributed by atoms with Crippen molar-refractivity contribution in [3.05, 3.63) is 82.9 Å². The summed E-state index contributed by atoms with van der Waals surface area (Å²) in [5.74, 6) is -0.382. The Labute approximate surface area is 159 Å². The van der Waals surface area contributed by atoms with E-state index in [2.05, 4.69) is 66.9 Å². The SMILES string of the molecule is CCCc1ccc2c3c(C(N)=O)cccc3n(Cc3ccc(C)cc3)c2c1. The molecule has 0 saturated carbocycles. The van der Waals surface area contributed by atoms with Crippen LogP contribution in [0.25, 0.3) is 21.8 Å². The van der Waals surface area contributed by atoms with Gasteiger partial charge in [-0.1, -0.05) is 61.4 Å². The van der Waals surface area contributed by atoms with Gasteiger partial charge in [0.05, 0.1) is 5.52 Å². The van der Waals surface area contributed by atoms with E-state index >= 15 is 0 Å². The van der Waals surface area contributed by atoms with Crippen molar-refractivity contribution in [3.8, 4) is 0 Å². The minimum atomic E-state index is -0.382. The van der Waals surface area contributed by atoms with Crippen molar-refractivity contribution < 1.29 is 4.79 Å². The number of hydrogen-bond donors (Lipinski definition) is 1. The molecule has 4 rings (SSSR count). The van der Waals surface area contributed by atoms with Crippen molar-refractivity contribution >= 4 is 27.7 Å². The molecule has 3 nitrogen and oxygen atoms in total. The second-order valence-electron chi connectivity index (χ2n) is 7.24. The number of rotatable bonds is 5. The maximum atomic E-state index is 12.0. The Kier molecular flexibility index (Phi) is 4.44. The summed E-state index contributed by atoms with van der Waals surface area (Å²) in [6.07, 6.45) is 2.15. The van der Waals surface area contributed by atoms with Crippen LogP contribution in [-0.2, 0) is 13.0 Å². The first-order valence-corrected chi connectivity index (χ1v) is 9.47. The zero-order valence-electron chi connectivity index (χ0n) is 15.8. The fourth-order valence-corrected chi connectivity index (χ4v) is 3.89. The number of benzene rings is 3. The molecule has 2 N–H and O–H groups in total. The average molecular weight is 356 g/mol. The van der Waals surface area contributed by atoms with Crippen LogP contribution < -0.4 is 5.73 Å². The Morgan fingerprint density at radius 3 is 2.41 bits per heavy atom. The van der Waals surface area contributed by atoms with Gasteiger partial charge in [-0.25, -0.2) is 0 Å². The van der Waals surface area contributed by atoms with E-state index in [1.165, 1.54) is 16.7 Å². The van der Waals surface area contributed by atoms with Crippen molar-refractivity contribution in [2.24, 2.45) is 5.73 Å². The van der Waals surface area contributed by atoms with Crippen LogP contribution in [0.1, 0.15) is 40.4 Å². The normalized spacial score (nSPS) is 11.3. The Bertz CT molecular complexity index is 1140. The first-order chi connectivity index (χ1) is 13.1. The number of amides is 1. The quantitative estimate of drug-likeness (QED) is 0.525. The second-order valence-corrected chi connectivity index (χ2v) is 7.24. The van der Waals surface area contributed by atoms with Gasteiger partial charge < -0.3 is 10.3 Å². The molecule has 0 atom stereocenters. The molecule has 136 valence electrons. The molecule has 0 fully saturated rings. The van der Waals surface area contributed by atoms with Crippen LogP contribution in [0, 0.1) is 6.92 Å². The minimum absolute atomic E-state index is 0.382. The fraction of sp³-hybridized carbons (Fsp3) is 0.208. The first-order valence-electron chi connectivity index (χ1n) is 9.47. The van der Waals surface area contributed by atoms with Crippen LogP contribution in [0.5, 0.6) is 0 Å². The van der Waals surface area contributed by atoms with Crippen LogP contribution in [0.2, 0.25) is 0 Å². The summed E-state index contributed by atoms with van der Waals surface area (Å²) in [7, 11) is 0. The fourth-order valence-electron chi connectivity index (χ4n) is 3.89. The zero-order chi connectivity index (χ0) is 19.0. The number of nitrogens with two attached hydrogens (primary N) is 1. The predicted octanol–water partition coefficient (Wildman–Crippen LogP) is 5.20. The van der Waals surface area contributed by atoms with E-state index in [0.29, 0.717) is 5.56 Å². The molecule has 0 bridgehead atoms. The Morgan fingerprint density at radius 1 is 0.963 bits per heavy atom. The summed E-state index contributed by atoms with van der Waals surface area (Å²) in [5, 5.41) is 2.04. The molecule has 0 aliphatic heterocycles. The molecule has 0 aliphatic carbocycles. The van der Waals surface area contributed by atoms with E-state index in [4.69, 9.17) is 5.73 Å². The third kappa shape index (κ3) is 3.10. The predicted molar refractivity (Wildman–Crippen MR) is 112 cm³/mol. The maximum absolute atomic E-state index is 12.0. The van der Waals surface area contributed by atoms with E-state index in [-0.39, 0.29) is 5.91 Å². The van der Waals surface area contributed by atoms with Crippen molar-refractivity contribution in [3.63, 3.8) is 0 Å². The Hall–Kier alpha value is -3.07. The summed E-state index contributed by atoms with van der Waals surface area (Å²) in [6.45, 7) is 5.05. The second kappa shape index (κ2) is 6.92. The highest BCUT2D eigenvalue weighted by Crippen LogP contribution is 2.33. The number of aryl methyl sites for hydroxylation is 2. The number of carbonyl (C=O) groups excluding carboxylic acids is 1. The lowest BCUT2D eigenvalue weighted by Gasteiger charge is -2.09. The van der Waals surface area contributed by atoms with Gasteiger partial charge in [-0.15, -0.1) is 0 Å². The van der Waals surface area contributed by atoms with Gasteiger partial charge in [0.25, 0.3) is 0 Å². The summed E-state index contributed by atoms with van der Waals surface area (Å²) in [6, 6.07) is 21.0. The molecule has 27 heavy (non-hydrogen) atoms. The lowest BCUT2D eigenvalue weighted by atomic mass is 10.0. The Balaban J connectivity index is 2.00. The third-order valence-electron chi connectivity index (χ3n) is 5.22. The summed E-state index contributed by atoms with van der Waals surface area (Å²) in [4.78, 5) is 12.0. The van der Waals surface area contributed by atoms with Gasteiger partial charge in [0, 0.05) is 28.4 Å². The van der Waals surface area contributed by atoms with Crippen LogP contribution in [0.4, 0.5) is 0 Å². The van der Waals surface area contributed by atoms with Crippen LogP contribution >= 0.6 is 0 Å². The number of fused-ring (bicyclic) bond motifs is 3. The molecule has 0 spiro atoms. The van der Waals surface area contributed by atoms with Gasteiger partial charge in [-0.05, 0) is 42.7 Å². The minimum Gasteiger partial charge on any atom is -0.366 e. The highest BCUT2D eigenvalue weighted by molar-refractivity contribution is 6.17. The first kappa shape index (κ1) is 17.3. The summed E-state index contributed by atoms with van der Waals surface area (Å²) < 4.78 is 2.31. The van der Waals surface area contributed by atoms with Crippen molar-refractivity contribution in [2.45, 2.75) is 33.2 Å². The molecule has 1 aromatic heterocycles. The van der Waals surface area contributed by atoms with Crippen molar-refractivity contribution in [1.82, 2.24) is 4.57 Å². The molecule has 0 saturated heterocycles. The van der Waals surface area contributed by atoms with E-state index in [1.807, 2.05) is 12.1 Å². The standard InChI is InChI=1S/C24H24N2O/c1-3-5-17-12-13-19-22(14-17)26(15-18-10-8-16(2)9-11-18)21-7-4-6-20(23(19)21)24(25)27/h4,6-14H,3,5,15H2,1-2H3,(H2,25,27). The van der Waals surface area contributed by atoms with Gasteiger partial charge in [0.1, 0.15) is 0 Å². The molecule has 0 unspecified atom stereocenters. The molecule has 1 amide bonds. The highest BCUT2D eigenvalue weighted by atomic mass is 16.1. The van der Waals surface area contributed by atoms with Crippen LogP contribution in [-0.4, -0.2) is 10.5 Å². The largest absolute Gasteiger partial charge is 0.366 e. The molecular weight excluding hydrogens is 332 g/mol. The monoisotopic (exact) mass is 356 g/mol. The van der Waals surface area contributed by atoms with Crippen molar-refractivity contribution in [2.75, 3.05) is 0 Å². The molecule has 0 radical (unpaired) electrons. The van der Waals surface area contributed by atoms with Gasteiger partial charge in [0.15, 0.2) is 0 Å². The van der Waals surface area contributed by atoms with E-state index in [0.717, 1.165) is 41.2 Å². The number of carbonyl (C=O) groups is 1. The molecule has 0 aliphatic rings. The smallest absolute Gasteiger partial charge is 0.249 e. The van der Waals surface area contributed by atoms with Gasteiger partial charge in [0.2, 0.25) is 5.91 Å². The van der Waals surface area contributed by atoms with Crippen LogP contribution in [0.15, 0.2) is 60.7 Å². The maximum Gasteiger partial charge on any atom is 0.249 e. The van der Waals surface area contributed by atoms with E-state index in [1.54, 1.807) is 0 Å². The van der Waals surface area contributed by atoms with E-state index in [9.17, 15) is 4.79 Å². The van der Waals surface area contributed by atoms with Gasteiger partial charge in [-0.3, -0.25) is 4.79 Å². The summed E-state index contributed by atoms with van der Waals surface area (Å²) in [5.41, 5.74) is 12.3. The number of nitrogens with zero attached hydrogens (tertiary/aromatic N) is 1. The lowest BCUT2D eigenvalue weighted by Crippen LogP contribution is -2.11. The van der Waals surface area contributed by atoms with Crippen molar-refractivity contribution in [1.29, 1.82) is 0 Å². The molecule has 3 heteroatoms. The zero-order valence-corrected chi connectivity index (χ0v) is 15.8. The average Bonchev–Trinajstić information content (AvgIpc) is 2.97. The van der Waals surface area contributed by atoms with Gasteiger partial charge >= 0.3 is 0 Å². The molecular formula is C24H24N2O. The van der Waals surface area contributed by atoms with Crippen LogP contribution in [0.3, 0.4) is 0 Å². The van der Waals surface area contributed by atoms with E-state index < -0.39 is 0 Å². The molecule has 4 aromatic rings. The summed E-state index contributed by atoms with van der Waals surface area (Å²) >= 11 is 0. The topological polar surface area (TPSA) is 48.0 Å². The van der Waals surface area contributed by atoms with Gasteiger partial charge in [-0.2, -0.15) is 0 Å². The molecule has 3 aromatic carbocycles. The Morgan fingerprint density at radius 2 is 1.70 bits per heavy atom. The number of hydrogen-bond acceptors (Lipinski definition) is 1. The third-order valence-corrected chi connectivity index (χ3v) is 5.22. The number of primary amides is 1. The lowest BCUT2D eigenvalue weighted by molar-refractivity contribution is 0.100.